The molecule has 0 saturated carbocycles. The zero-order valence-electron chi connectivity index (χ0n) is 36.3. The van der Waals surface area contributed by atoms with Crippen molar-refractivity contribution >= 4 is 53.2 Å². The predicted octanol–water partition coefficient (Wildman–Crippen LogP) is 4.73. The Kier molecular flexibility index (Phi) is 14.1. The highest BCUT2D eigenvalue weighted by Gasteiger charge is 2.36. The molecule has 5 N–H and O–H groups in total. The molecule has 338 valence electrons. The number of aliphatic imine (C=N–C) groups is 1. The van der Waals surface area contributed by atoms with E-state index in [1.165, 1.54) is 37.9 Å². The lowest BCUT2D eigenvalue weighted by Crippen LogP contribution is -2.55. The van der Waals surface area contributed by atoms with Gasteiger partial charge in [-0.25, -0.2) is 4.98 Å². The average molecular weight is 876 g/mol. The molecule has 1 unspecified atom stereocenters. The van der Waals surface area contributed by atoms with Crippen LogP contribution in [0.5, 0.6) is 0 Å². The summed E-state index contributed by atoms with van der Waals surface area (Å²) in [5, 5.41) is 15.7. The summed E-state index contributed by atoms with van der Waals surface area (Å²) in [6, 6.07) is 10.6. The van der Waals surface area contributed by atoms with Gasteiger partial charge in [0.05, 0.1) is 17.2 Å². The normalized spacial score (nSPS) is 18.7. The van der Waals surface area contributed by atoms with Gasteiger partial charge in [-0.3, -0.25) is 39.2 Å². The molecule has 3 saturated heterocycles. The number of nitrogens with two attached hydrogens (primary N) is 1. The molecule has 3 aromatic rings. The summed E-state index contributed by atoms with van der Waals surface area (Å²) in [4.78, 5) is 79.2. The van der Waals surface area contributed by atoms with Crippen LogP contribution in [0.25, 0.3) is 0 Å². The predicted molar refractivity (Wildman–Crippen MR) is 233 cm³/mol. The number of aliphatic hydroxyl groups is 1. The van der Waals surface area contributed by atoms with Gasteiger partial charge < -0.3 is 30.9 Å². The van der Waals surface area contributed by atoms with Crippen molar-refractivity contribution in [3.63, 3.8) is 0 Å². The number of aldehydes is 1. The van der Waals surface area contributed by atoms with Crippen LogP contribution in [0.2, 0.25) is 0 Å². The third kappa shape index (κ3) is 11.3. The maximum atomic E-state index is 13.3. The lowest BCUT2D eigenvalue weighted by atomic mass is 9.93. The van der Waals surface area contributed by atoms with E-state index in [4.69, 9.17) is 10.7 Å². The van der Waals surface area contributed by atoms with Crippen molar-refractivity contribution in [2.75, 3.05) is 68.8 Å². The maximum Gasteiger partial charge on any atom is 0.433 e. The summed E-state index contributed by atoms with van der Waals surface area (Å²) in [6.07, 6.45) is 0.534. The van der Waals surface area contributed by atoms with E-state index in [0.29, 0.717) is 17.5 Å². The largest absolute Gasteiger partial charge is 0.433 e. The monoisotopic (exact) mass is 875 g/mol. The lowest BCUT2D eigenvalue weighted by Gasteiger charge is -2.45. The number of pyridine rings is 1. The zero-order valence-corrected chi connectivity index (χ0v) is 36.3. The Morgan fingerprint density at radius 3 is 2.32 bits per heavy atom. The molecular weight excluding hydrogens is 820 g/mol. The van der Waals surface area contributed by atoms with Crippen LogP contribution in [0.15, 0.2) is 53.5 Å². The number of benzene rings is 2. The second-order valence-corrected chi connectivity index (χ2v) is 17.6. The molecule has 3 aliphatic rings. The number of aromatic nitrogens is 1. The van der Waals surface area contributed by atoms with E-state index in [1.807, 2.05) is 6.07 Å². The van der Waals surface area contributed by atoms with Crippen LogP contribution in [0.1, 0.15) is 108 Å². The smallest absolute Gasteiger partial charge is 0.398 e. The standard InChI is InChI=1S/C45H56F3N9O6/c1-43(2,57-21-19-56(20-22-57)31-9-10-32(29(23-31)27-58)42(62)54(5)37-11-12-39(59)53-41(37)61)15-18-55-16-13-30(14-17-55)50-26-28-24-36(33(25-34(28)49)44(3,4)63)52-40(60)35-7-6-8-38(51-35)45(46,47)48/h6-10,23-27,30,37,63H,11-22,49H2,1-5H3,(H,52,60)(H,53,59,61). The van der Waals surface area contributed by atoms with Crippen molar-refractivity contribution in [1.29, 1.82) is 0 Å². The molecular formula is C45H56F3N9O6. The topological polar surface area (TPSA) is 194 Å². The minimum atomic E-state index is -4.72. The molecule has 15 nitrogen and oxygen atoms in total. The number of hydrogen-bond acceptors (Lipinski definition) is 12. The average Bonchev–Trinajstić information content (AvgIpc) is 3.24. The number of rotatable bonds is 13. The number of amides is 4. The van der Waals surface area contributed by atoms with Crippen molar-refractivity contribution < 1.29 is 42.3 Å². The number of likely N-dealkylation sites (tertiary alicyclic amines) is 1. The van der Waals surface area contributed by atoms with Crippen molar-refractivity contribution in [3.8, 4) is 0 Å². The highest BCUT2D eigenvalue weighted by molar-refractivity contribution is 6.06. The van der Waals surface area contributed by atoms with E-state index >= 15 is 0 Å². The Morgan fingerprint density at radius 1 is 0.984 bits per heavy atom. The molecule has 2 aromatic carbocycles. The molecule has 6 rings (SSSR count). The van der Waals surface area contributed by atoms with Gasteiger partial charge >= 0.3 is 6.18 Å². The molecule has 1 atom stereocenters. The fourth-order valence-electron chi connectivity index (χ4n) is 8.32. The number of anilines is 3. The van der Waals surface area contributed by atoms with Crippen LogP contribution in [0.3, 0.4) is 0 Å². The summed E-state index contributed by atoms with van der Waals surface area (Å²) in [5.74, 6) is -2.22. The third-order valence-corrected chi connectivity index (χ3v) is 12.3. The molecule has 63 heavy (non-hydrogen) atoms. The Morgan fingerprint density at radius 2 is 1.68 bits per heavy atom. The van der Waals surface area contributed by atoms with Crippen molar-refractivity contribution in [2.24, 2.45) is 4.99 Å². The number of alkyl halides is 3. The van der Waals surface area contributed by atoms with Crippen molar-refractivity contribution in [2.45, 2.75) is 89.2 Å². The number of nitrogens with one attached hydrogen (secondary N) is 2. The first-order valence-electron chi connectivity index (χ1n) is 21.1. The van der Waals surface area contributed by atoms with Crippen LogP contribution in [-0.2, 0) is 21.4 Å². The number of piperidine rings is 2. The molecule has 4 amide bonds. The highest BCUT2D eigenvalue weighted by atomic mass is 19.4. The summed E-state index contributed by atoms with van der Waals surface area (Å²) < 4.78 is 39.8. The summed E-state index contributed by atoms with van der Waals surface area (Å²) in [5.41, 5.74) is 5.78. The second-order valence-electron chi connectivity index (χ2n) is 17.6. The first-order chi connectivity index (χ1) is 29.6. The van der Waals surface area contributed by atoms with Gasteiger partial charge in [-0.1, -0.05) is 6.07 Å². The summed E-state index contributed by atoms with van der Waals surface area (Å²) >= 11 is 0. The SMILES string of the molecule is CN(C(=O)c1ccc(N2CCN(C(C)(C)CCN3CCC(N=Cc4cc(NC(=O)c5cccc(C(F)(F)F)n5)c(C(C)(C)O)cc4N)CC3)CC2)cc1C=O)C1CCC(=O)NC1=O. The van der Waals surface area contributed by atoms with E-state index in [-0.39, 0.29) is 52.7 Å². The minimum absolute atomic E-state index is 0.0289. The molecule has 18 heteroatoms. The van der Waals surface area contributed by atoms with Crippen molar-refractivity contribution in [1.82, 2.24) is 25.0 Å². The summed E-state index contributed by atoms with van der Waals surface area (Å²) in [6.45, 7) is 13.2. The maximum absolute atomic E-state index is 13.3. The van der Waals surface area contributed by atoms with Gasteiger partial charge in [0.25, 0.3) is 11.8 Å². The highest BCUT2D eigenvalue weighted by Crippen LogP contribution is 2.33. The number of carbonyl (C=O) groups excluding carboxylic acids is 5. The van der Waals surface area contributed by atoms with Gasteiger partial charge in [0.2, 0.25) is 11.8 Å². The van der Waals surface area contributed by atoms with Crippen LogP contribution < -0.4 is 21.3 Å². The van der Waals surface area contributed by atoms with Gasteiger partial charge in [-0.2, -0.15) is 13.2 Å². The van der Waals surface area contributed by atoms with Crippen LogP contribution in [0.4, 0.5) is 30.2 Å². The third-order valence-electron chi connectivity index (χ3n) is 12.3. The Hall–Kier alpha value is -5.72. The van der Waals surface area contributed by atoms with Gasteiger partial charge in [0.15, 0.2) is 6.29 Å². The molecule has 4 heterocycles. The molecule has 0 bridgehead atoms. The molecule has 3 aliphatic heterocycles. The molecule has 3 fully saturated rings. The summed E-state index contributed by atoms with van der Waals surface area (Å²) in [7, 11) is 1.50. The van der Waals surface area contributed by atoms with Crippen molar-refractivity contribution in [3.05, 3.63) is 82.2 Å². The number of nitrogens with zero attached hydrogens (tertiary/aromatic N) is 6. The van der Waals surface area contributed by atoms with Gasteiger partial charge in [-0.15, -0.1) is 0 Å². The van der Waals surface area contributed by atoms with Crippen LogP contribution in [0, 0.1) is 0 Å². The Bertz CT molecular complexity index is 2240. The number of hydrogen-bond donors (Lipinski definition) is 4. The van der Waals surface area contributed by atoms with Gasteiger partial charge in [-0.05, 0) is 102 Å². The number of imide groups is 1. The fraction of sp³-hybridized carbons (Fsp3) is 0.489. The molecule has 1 aromatic heterocycles. The van der Waals surface area contributed by atoms with E-state index in [2.05, 4.69) is 44.2 Å². The van der Waals surface area contributed by atoms with E-state index in [9.17, 15) is 42.3 Å². The van der Waals surface area contributed by atoms with E-state index in [1.54, 1.807) is 24.4 Å². The molecule has 0 radical (unpaired) electrons. The number of piperazine rings is 1. The van der Waals surface area contributed by atoms with E-state index in [0.717, 1.165) is 82.9 Å². The second kappa shape index (κ2) is 18.9. The number of carbonyl (C=O) groups is 5. The zero-order chi connectivity index (χ0) is 45.9. The first-order valence-corrected chi connectivity index (χ1v) is 21.1. The number of halogens is 3. The number of nitrogen functional groups attached to an aromatic ring is 1. The molecule has 0 spiro atoms. The quantitative estimate of drug-likeness (QED) is 0.0804. The van der Waals surface area contributed by atoms with Crippen LogP contribution >= 0.6 is 0 Å². The Balaban J connectivity index is 0.994. The fourth-order valence-corrected chi connectivity index (χ4v) is 8.32. The van der Waals surface area contributed by atoms with Crippen LogP contribution in [-0.4, -0.2) is 131 Å². The lowest BCUT2D eigenvalue weighted by molar-refractivity contribution is -0.141. The van der Waals surface area contributed by atoms with Gasteiger partial charge in [0.1, 0.15) is 17.4 Å². The first kappa shape index (κ1) is 46.8. The Labute approximate surface area is 364 Å². The minimum Gasteiger partial charge on any atom is -0.398 e. The van der Waals surface area contributed by atoms with Gasteiger partial charge in [0, 0.05) is 98.2 Å². The van der Waals surface area contributed by atoms with E-state index < -0.39 is 46.9 Å². The molecule has 0 aliphatic carbocycles. The number of likely N-dealkylation sites (N-methyl/N-ethyl adjacent to an activating group) is 1.